The topological polar surface area (TPSA) is 50.2 Å². The Balaban J connectivity index is 1.08. The summed E-state index contributed by atoms with van der Waals surface area (Å²) >= 11 is 1.65. The average Bonchev–Trinajstić information content (AvgIpc) is 3.85. The number of hydrogen-bond acceptors (Lipinski definition) is 3. The van der Waals surface area contributed by atoms with E-state index >= 15 is 0 Å². The standard InChI is InChI=1S/C54H69NO2S/c1-8-12-37(2)31-48-32-38(3)33-49(34-41-13-9-10-14-41)51-35-47(23-25-50(48)51)43-16-11-15-42(39(4)17-18-43)27-29-54(6,7)30-28-45(24-26-52(56)57)44-19-21-46(22-20-44)53-40(5)55-36-58-53/h8,12,19-23,25,32-33,35-37,39,41-43,45H,3,9-11,13-18,27-31,34H2,1-2,4-7H3,(H,56,57)/b12-8-/t37?,39?,42?,43?,45-/m0/s1. The maximum atomic E-state index is 11.5. The van der Waals surface area contributed by atoms with E-state index in [2.05, 4.69) is 125 Å². The quantitative estimate of drug-likeness (QED) is 0.131. The maximum absolute atomic E-state index is 11.5. The van der Waals surface area contributed by atoms with Crippen LogP contribution in [-0.2, 0) is 4.79 Å². The van der Waals surface area contributed by atoms with Crippen LogP contribution in [0.25, 0.3) is 21.6 Å². The molecule has 0 aliphatic heterocycles. The Labute approximate surface area is 355 Å². The first-order valence-corrected chi connectivity index (χ1v) is 23.4. The molecular weight excluding hydrogens is 727 g/mol. The van der Waals surface area contributed by atoms with Gasteiger partial charge in [-0.2, -0.15) is 0 Å². The second-order valence-corrected chi connectivity index (χ2v) is 19.8. The first-order valence-electron chi connectivity index (χ1n) is 22.5. The number of nitrogens with zero attached hydrogens (tertiary/aromatic N) is 1. The molecule has 3 aromatic rings. The molecule has 6 rings (SSSR count). The van der Waals surface area contributed by atoms with Gasteiger partial charge in [0, 0.05) is 11.8 Å². The van der Waals surface area contributed by atoms with Gasteiger partial charge in [0.2, 0.25) is 0 Å². The number of benzene rings is 2. The number of carbonyl (C=O) groups is 1. The van der Waals surface area contributed by atoms with Crippen LogP contribution in [0.15, 0.2) is 84.4 Å². The minimum Gasteiger partial charge on any atom is -0.472 e. The second-order valence-electron chi connectivity index (χ2n) is 19.0. The summed E-state index contributed by atoms with van der Waals surface area (Å²) in [4.78, 5) is 17.1. The smallest absolute Gasteiger partial charge is 0.381 e. The summed E-state index contributed by atoms with van der Waals surface area (Å²) in [6.07, 6.45) is 27.7. The molecule has 0 saturated heterocycles. The summed E-state index contributed by atoms with van der Waals surface area (Å²) in [6, 6.07) is 16.1. The summed E-state index contributed by atoms with van der Waals surface area (Å²) in [5.74, 6) is 7.74. The van der Waals surface area contributed by atoms with E-state index in [1.54, 1.807) is 16.9 Å². The van der Waals surface area contributed by atoms with Crippen LogP contribution in [0.5, 0.6) is 0 Å². The molecule has 0 radical (unpaired) electrons. The van der Waals surface area contributed by atoms with Crippen LogP contribution in [0, 0.1) is 47.9 Å². The minimum absolute atomic E-state index is 0.102. The van der Waals surface area contributed by atoms with Crippen molar-refractivity contribution in [2.75, 3.05) is 0 Å². The van der Waals surface area contributed by atoms with Gasteiger partial charge in [-0.1, -0.05) is 145 Å². The first-order chi connectivity index (χ1) is 27.9. The van der Waals surface area contributed by atoms with Crippen LogP contribution in [0.3, 0.4) is 0 Å². The second kappa shape index (κ2) is 20.4. The number of rotatable bonds is 14. The van der Waals surface area contributed by atoms with Crippen molar-refractivity contribution in [3.63, 3.8) is 0 Å². The number of hydrogen-bond donors (Lipinski definition) is 1. The SMILES string of the molecule is C=C1C=C(CC(C)/C=C\C)c2ccc(C3CCCC(CCC(C)(C)CC[C@H](C#CC(=O)O)c4ccc(-c5scnc5C)cc4)C(C)CC3)cc2C(CC2CCCC2)=C1. The van der Waals surface area contributed by atoms with Gasteiger partial charge in [-0.05, 0) is 151 Å². The number of thiazole rings is 1. The van der Waals surface area contributed by atoms with E-state index in [1.807, 2.05) is 12.4 Å². The lowest BCUT2D eigenvalue weighted by Crippen LogP contribution is -2.20. The third-order valence-corrected chi connectivity index (χ3v) is 14.8. The molecular formula is C54H69NO2S. The highest BCUT2D eigenvalue weighted by atomic mass is 32.1. The Kier molecular flexibility index (Phi) is 15.3. The van der Waals surface area contributed by atoms with Crippen LogP contribution >= 0.6 is 11.3 Å². The van der Waals surface area contributed by atoms with Crippen molar-refractivity contribution in [1.29, 1.82) is 0 Å². The molecule has 3 aliphatic carbocycles. The predicted octanol–water partition coefficient (Wildman–Crippen LogP) is 15.4. The number of fused-ring (bicyclic) bond motifs is 1. The monoisotopic (exact) mass is 796 g/mol. The summed E-state index contributed by atoms with van der Waals surface area (Å²) in [6.45, 7) is 18.3. The summed E-state index contributed by atoms with van der Waals surface area (Å²) in [7, 11) is 0. The molecule has 1 aromatic heterocycles. The molecule has 1 heterocycles. The van der Waals surface area contributed by atoms with Gasteiger partial charge in [0.05, 0.1) is 16.1 Å². The van der Waals surface area contributed by atoms with Gasteiger partial charge >= 0.3 is 5.97 Å². The fourth-order valence-corrected chi connectivity index (χ4v) is 11.1. The van der Waals surface area contributed by atoms with Crippen LogP contribution in [-0.4, -0.2) is 16.1 Å². The zero-order valence-corrected chi connectivity index (χ0v) is 37.2. The molecule has 2 saturated carbocycles. The fourth-order valence-electron chi connectivity index (χ4n) is 10.3. The highest BCUT2D eigenvalue weighted by Gasteiger charge is 2.29. The van der Waals surface area contributed by atoms with E-state index in [1.165, 1.54) is 104 Å². The summed E-state index contributed by atoms with van der Waals surface area (Å²) in [5.41, 5.74) is 13.9. The first kappa shape index (κ1) is 43.6. The fraction of sp³-hybridized carbons (Fsp3) is 0.519. The van der Waals surface area contributed by atoms with Crippen molar-refractivity contribution in [1.82, 2.24) is 4.98 Å². The lowest BCUT2D eigenvalue weighted by Gasteiger charge is -2.33. The molecule has 4 unspecified atom stereocenters. The van der Waals surface area contributed by atoms with Crippen molar-refractivity contribution in [2.45, 2.75) is 150 Å². The van der Waals surface area contributed by atoms with E-state index < -0.39 is 5.97 Å². The van der Waals surface area contributed by atoms with Crippen LogP contribution in [0.2, 0.25) is 0 Å². The van der Waals surface area contributed by atoms with Crippen LogP contribution < -0.4 is 0 Å². The van der Waals surface area contributed by atoms with Gasteiger partial charge < -0.3 is 5.11 Å². The lowest BCUT2D eigenvalue weighted by molar-refractivity contribution is -0.130. The Morgan fingerprint density at radius 2 is 1.74 bits per heavy atom. The van der Waals surface area contributed by atoms with E-state index in [4.69, 9.17) is 0 Å². The van der Waals surface area contributed by atoms with Gasteiger partial charge in [-0.15, -0.1) is 11.3 Å². The average molecular weight is 796 g/mol. The summed E-state index contributed by atoms with van der Waals surface area (Å²) < 4.78 is 0. The highest BCUT2D eigenvalue weighted by molar-refractivity contribution is 7.13. The molecule has 0 spiro atoms. The van der Waals surface area contributed by atoms with Crippen molar-refractivity contribution in [2.24, 2.45) is 29.1 Å². The molecule has 0 bridgehead atoms. The van der Waals surface area contributed by atoms with Crippen LogP contribution in [0.1, 0.15) is 171 Å². The van der Waals surface area contributed by atoms with E-state index in [0.29, 0.717) is 17.8 Å². The molecule has 2 aromatic carbocycles. The van der Waals surface area contributed by atoms with Crippen molar-refractivity contribution >= 4 is 28.5 Å². The molecule has 1 N–H and O–H groups in total. The van der Waals surface area contributed by atoms with Crippen molar-refractivity contribution < 1.29 is 9.90 Å². The Bertz CT molecular complexity index is 2020. The van der Waals surface area contributed by atoms with Gasteiger partial charge in [0.25, 0.3) is 0 Å². The Morgan fingerprint density at radius 3 is 2.45 bits per heavy atom. The third-order valence-electron chi connectivity index (χ3n) is 13.9. The molecule has 4 heteroatoms. The molecule has 5 atom stereocenters. The highest BCUT2D eigenvalue weighted by Crippen LogP contribution is 2.44. The van der Waals surface area contributed by atoms with E-state index in [9.17, 15) is 9.90 Å². The normalized spacial score (nSPS) is 21.6. The zero-order chi connectivity index (χ0) is 41.2. The van der Waals surface area contributed by atoms with Crippen molar-refractivity contribution in [3.05, 3.63) is 112 Å². The molecule has 3 aliphatic rings. The van der Waals surface area contributed by atoms with Gasteiger partial charge in [0.15, 0.2) is 0 Å². The number of aliphatic carboxylic acids is 1. The third kappa shape index (κ3) is 11.8. The number of aromatic nitrogens is 1. The largest absolute Gasteiger partial charge is 0.472 e. The molecule has 3 nitrogen and oxygen atoms in total. The lowest BCUT2D eigenvalue weighted by atomic mass is 9.72. The van der Waals surface area contributed by atoms with Gasteiger partial charge in [-0.25, -0.2) is 9.78 Å². The molecule has 58 heavy (non-hydrogen) atoms. The predicted molar refractivity (Wildman–Crippen MR) is 248 cm³/mol. The Hall–Kier alpha value is -3.94. The molecule has 308 valence electrons. The number of aryl methyl sites for hydroxylation is 1. The number of carboxylic acid groups (broad SMARTS) is 1. The van der Waals surface area contributed by atoms with E-state index in [-0.39, 0.29) is 11.3 Å². The van der Waals surface area contributed by atoms with Crippen molar-refractivity contribution in [3.8, 4) is 22.3 Å². The zero-order valence-electron chi connectivity index (χ0n) is 36.4. The number of carboxylic acids is 1. The molecule has 0 amide bonds. The molecule has 2 fully saturated rings. The minimum atomic E-state index is -1.06. The maximum Gasteiger partial charge on any atom is 0.381 e. The van der Waals surface area contributed by atoms with Gasteiger partial charge in [-0.3, -0.25) is 0 Å². The Morgan fingerprint density at radius 1 is 0.983 bits per heavy atom. The van der Waals surface area contributed by atoms with Gasteiger partial charge in [0.1, 0.15) is 0 Å². The number of allylic oxidation sites excluding steroid dienone is 7. The van der Waals surface area contributed by atoms with Crippen LogP contribution in [0.4, 0.5) is 0 Å². The summed E-state index contributed by atoms with van der Waals surface area (Å²) in [5, 5.41) is 9.40. The van der Waals surface area contributed by atoms with E-state index in [0.717, 1.165) is 53.5 Å².